The molecule has 0 aromatic heterocycles. The van der Waals surface area contributed by atoms with Gasteiger partial charge in [-0.3, -0.25) is 19.8 Å². The van der Waals surface area contributed by atoms with Gasteiger partial charge >= 0.3 is 0 Å². The number of nitrogens with one attached hydrogen (secondary N) is 2. The molecule has 0 unspecified atom stereocenters. The molecule has 2 aliphatic rings. The van der Waals surface area contributed by atoms with E-state index in [1.807, 2.05) is 78.9 Å². The van der Waals surface area contributed by atoms with Crippen molar-refractivity contribution in [3.8, 4) is 11.1 Å². The lowest BCUT2D eigenvalue weighted by molar-refractivity contribution is -0.384. The van der Waals surface area contributed by atoms with Crippen molar-refractivity contribution in [2.45, 2.75) is 41.2 Å². The number of hydrogen-bond acceptors (Lipinski definition) is 11. The van der Waals surface area contributed by atoms with Gasteiger partial charge in [0.25, 0.3) is 21.6 Å². The Morgan fingerprint density at radius 3 is 2.28 bits per heavy atom. The van der Waals surface area contributed by atoms with Gasteiger partial charge in [0.05, 0.1) is 29.1 Å². The third kappa shape index (κ3) is 11.0. The molecule has 0 saturated carbocycles. The van der Waals surface area contributed by atoms with E-state index in [2.05, 4.69) is 19.8 Å². The smallest absolute Gasteiger partial charge is 0.293 e. The van der Waals surface area contributed by atoms with Gasteiger partial charge in [0.2, 0.25) is 0 Å². The van der Waals surface area contributed by atoms with E-state index in [1.165, 1.54) is 12.1 Å². The van der Waals surface area contributed by atoms with Gasteiger partial charge < -0.3 is 20.1 Å². The first kappa shape index (κ1) is 43.1. The second kappa shape index (κ2) is 20.1. The minimum atomic E-state index is -4.47. The number of piperidine rings is 1. The normalized spacial score (nSPS) is 16.2. The molecular formula is C45H48ClN5O7S2. The number of nitrogens with zero attached hydrogens (tertiary/aromatic N) is 3. The molecule has 1 amide bonds. The molecule has 5 aromatic rings. The van der Waals surface area contributed by atoms with Crippen molar-refractivity contribution in [3.63, 3.8) is 0 Å². The molecule has 7 rings (SSSR count). The van der Waals surface area contributed by atoms with Gasteiger partial charge in [0.1, 0.15) is 5.69 Å². The Morgan fingerprint density at radius 2 is 1.58 bits per heavy atom. The van der Waals surface area contributed by atoms with Crippen LogP contribution >= 0.6 is 23.4 Å². The Bertz CT molecular complexity index is 2340. The Labute approximate surface area is 360 Å². The number of thioether (sulfide) groups is 1. The molecular weight excluding hydrogens is 822 g/mol. The Morgan fingerprint density at radius 1 is 0.900 bits per heavy atom. The molecule has 2 aliphatic heterocycles. The first-order valence-corrected chi connectivity index (χ1v) is 22.9. The van der Waals surface area contributed by atoms with Gasteiger partial charge in [0, 0.05) is 71.8 Å². The van der Waals surface area contributed by atoms with Crippen LogP contribution in [-0.2, 0) is 14.8 Å². The molecule has 12 nitrogen and oxygen atoms in total. The number of ether oxygens (including phenoxy) is 1. The number of carbonyl (C=O) groups excluding carboxylic acids is 1. The predicted molar refractivity (Wildman–Crippen MR) is 237 cm³/mol. The van der Waals surface area contributed by atoms with Crippen LogP contribution in [0.3, 0.4) is 0 Å². The molecule has 0 bridgehead atoms. The van der Waals surface area contributed by atoms with Gasteiger partial charge in [-0.15, -0.1) is 11.8 Å². The van der Waals surface area contributed by atoms with Crippen LogP contribution in [-0.4, -0.2) is 87.0 Å². The number of carbonyl (C=O) groups is 1. The monoisotopic (exact) mass is 869 g/mol. The van der Waals surface area contributed by atoms with Crippen LogP contribution in [0.15, 0.2) is 131 Å². The molecule has 2 fully saturated rings. The van der Waals surface area contributed by atoms with Gasteiger partial charge in [-0.2, -0.15) is 0 Å². The summed E-state index contributed by atoms with van der Waals surface area (Å²) in [7, 11) is -4.47. The highest BCUT2D eigenvalue weighted by Crippen LogP contribution is 2.38. The summed E-state index contributed by atoms with van der Waals surface area (Å²) in [6.07, 6.45) is 1.55. The average Bonchev–Trinajstić information content (AvgIpc) is 3.28. The van der Waals surface area contributed by atoms with E-state index in [0.29, 0.717) is 43.5 Å². The van der Waals surface area contributed by atoms with E-state index in [9.17, 15) is 28.4 Å². The topological polar surface area (TPSA) is 154 Å². The fraction of sp³-hybridized carbons (Fsp3) is 0.311. The number of morpholine rings is 1. The van der Waals surface area contributed by atoms with Crippen LogP contribution in [0.2, 0.25) is 5.02 Å². The van der Waals surface area contributed by atoms with Crippen molar-refractivity contribution < 1.29 is 28.0 Å². The SMILES string of the molecule is O=C(NS(=O)(=O)c1ccc(N[C@H](CCN2CCOCC2)CSc2ccccc2)c([N+](=O)[O-])c1)c1ccc(N2CCC([C@@H](O)c3ccccc3-c3ccc(Cl)cc3)CC2)cc1. The third-order valence-corrected chi connectivity index (χ3v) is 13.8. The van der Waals surface area contributed by atoms with Crippen LogP contribution in [0.4, 0.5) is 17.1 Å². The minimum Gasteiger partial charge on any atom is -0.388 e. The molecule has 3 N–H and O–H groups in total. The van der Waals surface area contributed by atoms with Crippen molar-refractivity contribution in [1.29, 1.82) is 0 Å². The number of amides is 1. The minimum absolute atomic E-state index is 0.0473. The fourth-order valence-electron chi connectivity index (χ4n) is 7.68. The molecule has 0 aliphatic carbocycles. The maximum Gasteiger partial charge on any atom is 0.293 e. The number of aliphatic hydroxyl groups is 1. The number of nitro benzene ring substituents is 1. The average molecular weight is 870 g/mol. The molecule has 15 heteroatoms. The van der Waals surface area contributed by atoms with E-state index in [-0.39, 0.29) is 23.2 Å². The molecule has 2 saturated heterocycles. The summed E-state index contributed by atoms with van der Waals surface area (Å²) >= 11 is 7.75. The summed E-state index contributed by atoms with van der Waals surface area (Å²) in [4.78, 5) is 30.1. The van der Waals surface area contributed by atoms with Gasteiger partial charge in [-0.25, -0.2) is 13.1 Å². The van der Waals surface area contributed by atoms with Crippen LogP contribution in [0, 0.1) is 16.0 Å². The Hall–Kier alpha value is -4.96. The maximum atomic E-state index is 13.5. The number of sulfonamides is 1. The molecule has 60 heavy (non-hydrogen) atoms. The molecule has 314 valence electrons. The maximum absolute atomic E-state index is 13.5. The van der Waals surface area contributed by atoms with Crippen molar-refractivity contribution in [3.05, 3.63) is 148 Å². The number of nitro groups is 1. The van der Waals surface area contributed by atoms with Crippen molar-refractivity contribution in [1.82, 2.24) is 9.62 Å². The highest BCUT2D eigenvalue weighted by atomic mass is 35.5. The zero-order valence-corrected chi connectivity index (χ0v) is 35.4. The van der Waals surface area contributed by atoms with E-state index in [1.54, 1.807) is 36.0 Å². The number of hydrogen-bond donors (Lipinski definition) is 3. The quantitative estimate of drug-likeness (QED) is 0.0499. The second-order valence-corrected chi connectivity index (χ2v) is 18.2. The molecule has 2 heterocycles. The Kier molecular flexibility index (Phi) is 14.4. The lowest BCUT2D eigenvalue weighted by atomic mass is 9.84. The molecule has 5 aromatic carbocycles. The lowest BCUT2D eigenvalue weighted by Gasteiger charge is -2.36. The lowest BCUT2D eigenvalue weighted by Crippen LogP contribution is -2.39. The summed E-state index contributed by atoms with van der Waals surface area (Å²) in [6.45, 7) is 5.11. The highest BCUT2D eigenvalue weighted by Gasteiger charge is 2.29. The molecule has 0 radical (unpaired) electrons. The number of rotatable bonds is 16. The van der Waals surface area contributed by atoms with Crippen molar-refractivity contribution >= 4 is 56.4 Å². The summed E-state index contributed by atoms with van der Waals surface area (Å²) in [5.74, 6) is -0.178. The summed E-state index contributed by atoms with van der Waals surface area (Å²) in [5, 5.41) is 27.8. The predicted octanol–water partition coefficient (Wildman–Crippen LogP) is 8.28. The van der Waals surface area contributed by atoms with E-state index in [4.69, 9.17) is 16.3 Å². The summed E-state index contributed by atoms with van der Waals surface area (Å²) in [5.41, 5.74) is 3.62. The van der Waals surface area contributed by atoms with E-state index >= 15 is 0 Å². The largest absolute Gasteiger partial charge is 0.388 e. The zero-order chi connectivity index (χ0) is 42.1. The zero-order valence-electron chi connectivity index (χ0n) is 33.0. The van der Waals surface area contributed by atoms with Crippen LogP contribution in [0.25, 0.3) is 11.1 Å². The van der Waals surface area contributed by atoms with Crippen molar-refractivity contribution in [2.24, 2.45) is 5.92 Å². The first-order valence-electron chi connectivity index (χ1n) is 20.0. The second-order valence-electron chi connectivity index (χ2n) is 15.0. The third-order valence-electron chi connectivity index (χ3n) is 11.1. The number of aliphatic hydroxyl groups excluding tert-OH is 1. The van der Waals surface area contributed by atoms with Crippen molar-refractivity contribution in [2.75, 3.05) is 61.9 Å². The molecule has 0 spiro atoms. The van der Waals surface area contributed by atoms with E-state index < -0.39 is 37.5 Å². The summed E-state index contributed by atoms with van der Waals surface area (Å²) in [6, 6.07) is 35.5. The van der Waals surface area contributed by atoms with Crippen LogP contribution in [0.1, 0.15) is 41.3 Å². The Balaban J connectivity index is 0.967. The first-order chi connectivity index (χ1) is 29.0. The highest BCUT2D eigenvalue weighted by molar-refractivity contribution is 7.99. The standard InChI is InChI=1S/C45H48ClN5O7S2/c46-35-14-10-32(11-15-35)40-8-4-5-9-41(40)44(52)33-20-24-50(25-21-33)37-16-12-34(13-17-37)45(53)48-60(56,57)39-18-19-42(43(30-39)51(54)55)47-36(22-23-49-26-28-58-29-27-49)31-59-38-6-2-1-3-7-38/h1-19,30,33,36,44,47,52H,20-29,31H2,(H,48,53)/t36-,44-/m1/s1. The van der Waals surface area contributed by atoms with Gasteiger partial charge in [-0.05, 0) is 103 Å². The van der Waals surface area contributed by atoms with Gasteiger partial charge in [-0.1, -0.05) is 66.2 Å². The number of benzene rings is 5. The van der Waals surface area contributed by atoms with Gasteiger partial charge in [0.15, 0.2) is 0 Å². The molecule has 2 atom stereocenters. The van der Waals surface area contributed by atoms with E-state index in [0.717, 1.165) is 65.8 Å². The van der Waals surface area contributed by atoms with Crippen LogP contribution in [0.5, 0.6) is 0 Å². The fourth-order valence-corrected chi connectivity index (χ4v) is 9.80. The van der Waals surface area contributed by atoms with Crippen LogP contribution < -0.4 is 14.9 Å². The summed E-state index contributed by atoms with van der Waals surface area (Å²) < 4.78 is 34.5. The number of anilines is 2. The number of halogens is 1.